The number of nitrogens with zero attached hydrogens (tertiary/aromatic N) is 2. The van der Waals surface area contributed by atoms with Crippen molar-refractivity contribution in [3.63, 3.8) is 0 Å². The first-order chi connectivity index (χ1) is 17.8. The van der Waals surface area contributed by atoms with Crippen molar-refractivity contribution in [1.29, 1.82) is 0 Å². The Morgan fingerprint density at radius 2 is 1.62 bits per heavy atom. The molecule has 0 radical (unpaired) electrons. The van der Waals surface area contributed by atoms with Gasteiger partial charge in [0.15, 0.2) is 0 Å². The number of carboxylic acids is 1. The number of rotatable bonds is 7. The smallest absolute Gasteiger partial charge is 0.307 e. The molecule has 0 unspecified atom stereocenters. The third-order valence-electron chi connectivity index (χ3n) is 8.27. The van der Waals surface area contributed by atoms with Crippen molar-refractivity contribution in [3.8, 4) is 11.1 Å². The van der Waals surface area contributed by atoms with Crippen molar-refractivity contribution in [3.05, 3.63) is 82.7 Å². The van der Waals surface area contributed by atoms with Gasteiger partial charge in [-0.15, -0.1) is 0 Å². The number of aromatic nitrogens is 1. The maximum absolute atomic E-state index is 12.8. The molecule has 1 spiro atoms. The van der Waals surface area contributed by atoms with E-state index in [0.717, 1.165) is 65.3 Å². The van der Waals surface area contributed by atoms with E-state index in [1.165, 1.54) is 19.3 Å². The lowest BCUT2D eigenvalue weighted by atomic mass is 9.63. The second-order valence-electron chi connectivity index (χ2n) is 10.6. The lowest BCUT2D eigenvalue weighted by Crippen LogP contribution is -2.44. The van der Waals surface area contributed by atoms with Crippen LogP contribution in [0.2, 0.25) is 0 Å². The Hall–Kier alpha value is -3.67. The number of hydrogen-bond acceptors (Lipinski definition) is 4. The summed E-state index contributed by atoms with van der Waals surface area (Å²) >= 11 is 0. The highest BCUT2D eigenvalue weighted by Crippen LogP contribution is 2.50. The van der Waals surface area contributed by atoms with Crippen LogP contribution in [0.25, 0.3) is 11.1 Å². The predicted octanol–water partition coefficient (Wildman–Crippen LogP) is 5.69. The summed E-state index contributed by atoms with van der Waals surface area (Å²) in [5.74, 6) is -0.971. The van der Waals surface area contributed by atoms with Crippen LogP contribution in [0, 0.1) is 19.3 Å². The molecule has 1 saturated heterocycles. The summed E-state index contributed by atoms with van der Waals surface area (Å²) in [6, 6.07) is 17.4. The molecule has 3 aromatic rings. The highest BCUT2D eigenvalue weighted by atomic mass is 16.4. The van der Waals surface area contributed by atoms with Crippen LogP contribution in [0.1, 0.15) is 65.0 Å². The Kier molecular flexibility index (Phi) is 7.00. The van der Waals surface area contributed by atoms with Crippen molar-refractivity contribution in [2.75, 3.05) is 18.0 Å². The largest absolute Gasteiger partial charge is 0.481 e. The Morgan fingerprint density at radius 3 is 2.22 bits per heavy atom. The molecule has 2 aromatic carbocycles. The lowest BCUT2D eigenvalue weighted by Gasteiger charge is -2.49. The number of piperidine rings is 1. The molecule has 2 aliphatic rings. The SMILES string of the molecule is Cc1nc(C)c(-c2ccc(C(=O)NCc3ccccc3)cc2)c(N2CCC3(CCC3)CC2)c1CC(=O)O. The Bertz CT molecular complexity index is 1290. The summed E-state index contributed by atoms with van der Waals surface area (Å²) in [5.41, 5.74) is 7.52. The second-order valence-corrected chi connectivity index (χ2v) is 10.6. The topological polar surface area (TPSA) is 82.5 Å². The summed E-state index contributed by atoms with van der Waals surface area (Å²) in [6.07, 6.45) is 6.22. The maximum atomic E-state index is 12.8. The van der Waals surface area contributed by atoms with Crippen LogP contribution in [0.4, 0.5) is 5.69 Å². The first-order valence-corrected chi connectivity index (χ1v) is 13.2. The van der Waals surface area contributed by atoms with Gasteiger partial charge < -0.3 is 15.3 Å². The zero-order valence-electron chi connectivity index (χ0n) is 21.7. The molecule has 1 aliphatic carbocycles. The van der Waals surface area contributed by atoms with Crippen LogP contribution in [0.15, 0.2) is 54.6 Å². The number of aryl methyl sites for hydroxylation is 2. The highest BCUT2D eigenvalue weighted by Gasteiger charge is 2.40. The van der Waals surface area contributed by atoms with Gasteiger partial charge in [0, 0.05) is 47.7 Å². The molecule has 0 bridgehead atoms. The molecule has 0 atom stereocenters. The summed E-state index contributed by atoms with van der Waals surface area (Å²) in [4.78, 5) is 31.8. The van der Waals surface area contributed by atoms with Crippen LogP contribution < -0.4 is 10.2 Å². The van der Waals surface area contributed by atoms with Crippen molar-refractivity contribution in [2.45, 2.75) is 58.9 Å². The number of carboxylic acid groups (broad SMARTS) is 1. The fourth-order valence-electron chi connectivity index (χ4n) is 5.98. The monoisotopic (exact) mass is 497 g/mol. The molecular weight excluding hydrogens is 462 g/mol. The van der Waals surface area contributed by atoms with Gasteiger partial charge in [-0.3, -0.25) is 14.6 Å². The molecular formula is C31H35N3O3. The lowest BCUT2D eigenvalue weighted by molar-refractivity contribution is -0.136. The molecule has 2 heterocycles. The quantitative estimate of drug-likeness (QED) is 0.438. The van der Waals surface area contributed by atoms with E-state index in [9.17, 15) is 14.7 Å². The highest BCUT2D eigenvalue weighted by molar-refractivity contribution is 5.95. The van der Waals surface area contributed by atoms with E-state index in [4.69, 9.17) is 4.98 Å². The standard InChI is InChI=1S/C31H35N3O3/c1-21-26(19-27(35)36)29(34-17-15-31(16-18-34)13-6-14-31)28(22(2)33-21)24-9-11-25(12-10-24)30(37)32-20-23-7-4-3-5-8-23/h3-5,7-12H,6,13-20H2,1-2H3,(H,32,37)(H,35,36). The molecule has 1 amide bonds. The van der Waals surface area contributed by atoms with E-state index >= 15 is 0 Å². The van der Waals surface area contributed by atoms with Crippen LogP contribution in [0.5, 0.6) is 0 Å². The van der Waals surface area contributed by atoms with Gasteiger partial charge in [0.2, 0.25) is 0 Å². The maximum Gasteiger partial charge on any atom is 0.307 e. The average Bonchev–Trinajstić information content (AvgIpc) is 2.88. The molecule has 192 valence electrons. The van der Waals surface area contributed by atoms with Crippen LogP contribution >= 0.6 is 0 Å². The Labute approximate surface area is 218 Å². The molecule has 6 heteroatoms. The molecule has 1 aromatic heterocycles. The second kappa shape index (κ2) is 10.4. The first-order valence-electron chi connectivity index (χ1n) is 13.2. The summed E-state index contributed by atoms with van der Waals surface area (Å²) in [7, 11) is 0. The number of pyridine rings is 1. The van der Waals surface area contributed by atoms with Gasteiger partial charge in [-0.05, 0) is 68.2 Å². The number of benzene rings is 2. The minimum absolute atomic E-state index is 0.0525. The average molecular weight is 498 g/mol. The molecule has 5 rings (SSSR count). The van der Waals surface area contributed by atoms with Gasteiger partial charge in [0.05, 0.1) is 12.1 Å². The van der Waals surface area contributed by atoms with E-state index in [2.05, 4.69) is 10.2 Å². The normalized spacial score (nSPS) is 16.3. The zero-order chi connectivity index (χ0) is 26.0. The van der Waals surface area contributed by atoms with Gasteiger partial charge >= 0.3 is 5.97 Å². The Balaban J connectivity index is 1.45. The number of amides is 1. The van der Waals surface area contributed by atoms with Crippen molar-refractivity contribution in [1.82, 2.24) is 10.3 Å². The summed E-state index contributed by atoms with van der Waals surface area (Å²) < 4.78 is 0. The molecule has 1 aliphatic heterocycles. The zero-order valence-corrected chi connectivity index (χ0v) is 21.7. The molecule has 2 fully saturated rings. The minimum Gasteiger partial charge on any atom is -0.481 e. The van der Waals surface area contributed by atoms with Gasteiger partial charge in [-0.25, -0.2) is 0 Å². The fourth-order valence-corrected chi connectivity index (χ4v) is 5.98. The van der Waals surface area contributed by atoms with E-state index in [-0.39, 0.29) is 12.3 Å². The van der Waals surface area contributed by atoms with E-state index in [1.807, 2.05) is 68.4 Å². The van der Waals surface area contributed by atoms with Crippen molar-refractivity contribution < 1.29 is 14.7 Å². The number of hydrogen-bond donors (Lipinski definition) is 2. The van der Waals surface area contributed by atoms with E-state index < -0.39 is 5.97 Å². The molecule has 1 saturated carbocycles. The van der Waals surface area contributed by atoms with Gasteiger partial charge in [0.1, 0.15) is 0 Å². The van der Waals surface area contributed by atoms with Gasteiger partial charge in [-0.1, -0.05) is 48.9 Å². The van der Waals surface area contributed by atoms with Gasteiger partial charge in [-0.2, -0.15) is 0 Å². The minimum atomic E-state index is -0.848. The van der Waals surface area contributed by atoms with Crippen molar-refractivity contribution >= 4 is 17.6 Å². The van der Waals surface area contributed by atoms with E-state index in [1.54, 1.807) is 0 Å². The number of nitrogens with one attached hydrogen (secondary N) is 1. The van der Waals surface area contributed by atoms with Crippen LogP contribution in [-0.2, 0) is 17.8 Å². The first kappa shape index (κ1) is 25.0. The third-order valence-corrected chi connectivity index (χ3v) is 8.27. The van der Waals surface area contributed by atoms with Gasteiger partial charge in [0.25, 0.3) is 5.91 Å². The van der Waals surface area contributed by atoms with Crippen LogP contribution in [0.3, 0.4) is 0 Å². The number of carbonyl (C=O) groups excluding carboxylic acids is 1. The summed E-state index contributed by atoms with van der Waals surface area (Å²) in [5, 5.41) is 12.7. The number of anilines is 1. The molecule has 6 nitrogen and oxygen atoms in total. The van der Waals surface area contributed by atoms with Crippen LogP contribution in [-0.4, -0.2) is 35.1 Å². The Morgan fingerprint density at radius 1 is 0.946 bits per heavy atom. The van der Waals surface area contributed by atoms with Crippen molar-refractivity contribution in [2.24, 2.45) is 5.41 Å². The fraction of sp³-hybridized carbons (Fsp3) is 0.387. The third kappa shape index (κ3) is 5.24. The van der Waals surface area contributed by atoms with E-state index in [0.29, 0.717) is 17.5 Å². The number of aliphatic carboxylic acids is 1. The number of carbonyl (C=O) groups is 2. The predicted molar refractivity (Wildman–Crippen MR) is 146 cm³/mol. The molecule has 37 heavy (non-hydrogen) atoms. The molecule has 2 N–H and O–H groups in total. The summed E-state index contributed by atoms with van der Waals surface area (Å²) in [6.45, 7) is 6.25.